The van der Waals surface area contributed by atoms with Crippen LogP contribution in [0.1, 0.15) is 33.3 Å². The SMILES string of the molecule is O=C(c1ccccc1)N1N=C(c2cccnc2)CC1c1cccs1. The molecule has 5 heteroatoms. The maximum atomic E-state index is 12.9. The molecule has 0 radical (unpaired) electrons. The second kappa shape index (κ2) is 6.37. The van der Waals surface area contributed by atoms with Gasteiger partial charge < -0.3 is 0 Å². The molecule has 0 bridgehead atoms. The lowest BCUT2D eigenvalue weighted by Gasteiger charge is -2.20. The van der Waals surface area contributed by atoms with Crippen LogP contribution in [0, 0.1) is 0 Å². The van der Waals surface area contributed by atoms with Gasteiger partial charge in [0.05, 0.1) is 11.8 Å². The highest BCUT2D eigenvalue weighted by Crippen LogP contribution is 2.35. The normalized spacial score (nSPS) is 16.9. The Bertz CT molecular complexity index is 860. The number of nitrogens with zero attached hydrogens (tertiary/aromatic N) is 3. The van der Waals surface area contributed by atoms with Crippen molar-refractivity contribution in [3.8, 4) is 0 Å². The number of benzene rings is 1. The molecule has 1 aliphatic rings. The third-order valence-corrected chi connectivity index (χ3v) is 4.98. The predicted molar refractivity (Wildman–Crippen MR) is 95.1 cm³/mol. The van der Waals surface area contributed by atoms with Crippen molar-refractivity contribution in [2.45, 2.75) is 12.5 Å². The van der Waals surface area contributed by atoms with E-state index in [0.717, 1.165) is 16.2 Å². The molecule has 1 atom stereocenters. The summed E-state index contributed by atoms with van der Waals surface area (Å²) >= 11 is 1.65. The topological polar surface area (TPSA) is 45.6 Å². The molecule has 0 N–H and O–H groups in total. The number of amides is 1. The highest BCUT2D eigenvalue weighted by Gasteiger charge is 2.34. The van der Waals surface area contributed by atoms with Gasteiger partial charge in [-0.15, -0.1) is 11.3 Å². The van der Waals surface area contributed by atoms with E-state index < -0.39 is 0 Å². The van der Waals surface area contributed by atoms with Gasteiger partial charge in [-0.25, -0.2) is 5.01 Å². The molecule has 0 saturated heterocycles. The smallest absolute Gasteiger partial charge is 0.267 e. The van der Waals surface area contributed by atoms with Crippen LogP contribution >= 0.6 is 11.3 Å². The highest BCUT2D eigenvalue weighted by molar-refractivity contribution is 7.10. The zero-order chi connectivity index (χ0) is 16.4. The van der Waals surface area contributed by atoms with Gasteiger partial charge in [0.15, 0.2) is 0 Å². The average Bonchev–Trinajstić information content (AvgIpc) is 3.32. The number of carbonyl (C=O) groups excluding carboxylic acids is 1. The number of aromatic nitrogens is 1. The van der Waals surface area contributed by atoms with E-state index in [4.69, 9.17) is 0 Å². The largest absolute Gasteiger partial charge is 0.274 e. The van der Waals surface area contributed by atoms with Gasteiger partial charge >= 0.3 is 0 Å². The molecule has 1 aliphatic heterocycles. The van der Waals surface area contributed by atoms with Gasteiger partial charge in [-0.2, -0.15) is 5.10 Å². The molecular formula is C19H15N3OS. The summed E-state index contributed by atoms with van der Waals surface area (Å²) in [4.78, 5) is 18.2. The minimum absolute atomic E-state index is 0.0621. The molecule has 118 valence electrons. The molecule has 0 spiro atoms. The lowest BCUT2D eigenvalue weighted by Crippen LogP contribution is -2.26. The van der Waals surface area contributed by atoms with Crippen molar-refractivity contribution in [2.75, 3.05) is 0 Å². The Hall–Kier alpha value is -2.79. The maximum Gasteiger partial charge on any atom is 0.274 e. The number of hydrazone groups is 1. The molecule has 4 rings (SSSR count). The number of rotatable bonds is 3. The standard InChI is InChI=1S/C19H15N3OS/c23-19(14-6-2-1-3-7-14)22-17(18-9-5-11-24-18)12-16(21-22)15-8-4-10-20-13-15/h1-11,13,17H,12H2. The fraction of sp³-hybridized carbons (Fsp3) is 0.105. The van der Waals surface area contributed by atoms with Gasteiger partial charge in [0.2, 0.25) is 0 Å². The lowest BCUT2D eigenvalue weighted by molar-refractivity contribution is 0.0714. The summed E-state index contributed by atoms with van der Waals surface area (Å²) in [5.41, 5.74) is 2.50. The fourth-order valence-electron chi connectivity index (χ4n) is 2.82. The molecule has 1 unspecified atom stereocenters. The van der Waals surface area contributed by atoms with E-state index in [1.165, 1.54) is 0 Å². The summed E-state index contributed by atoms with van der Waals surface area (Å²) in [6, 6.07) is 17.2. The molecule has 24 heavy (non-hydrogen) atoms. The quantitative estimate of drug-likeness (QED) is 0.723. The molecular weight excluding hydrogens is 318 g/mol. The monoisotopic (exact) mass is 333 g/mol. The Balaban J connectivity index is 1.72. The van der Waals surface area contributed by atoms with Crippen LogP contribution in [-0.2, 0) is 0 Å². The fourth-order valence-corrected chi connectivity index (χ4v) is 3.63. The summed E-state index contributed by atoms with van der Waals surface area (Å²) in [6.07, 6.45) is 4.23. The van der Waals surface area contributed by atoms with E-state index in [1.54, 1.807) is 28.7 Å². The van der Waals surface area contributed by atoms with E-state index in [9.17, 15) is 4.79 Å². The van der Waals surface area contributed by atoms with Gasteiger partial charge in [0.25, 0.3) is 5.91 Å². The van der Waals surface area contributed by atoms with E-state index in [2.05, 4.69) is 16.2 Å². The second-order valence-corrected chi connectivity index (χ2v) is 6.52. The van der Waals surface area contributed by atoms with Gasteiger partial charge in [0.1, 0.15) is 0 Å². The van der Waals surface area contributed by atoms with E-state index >= 15 is 0 Å². The third kappa shape index (κ3) is 2.74. The Morgan fingerprint density at radius 1 is 1.08 bits per heavy atom. The van der Waals surface area contributed by atoms with Gasteiger partial charge in [-0.3, -0.25) is 9.78 Å². The molecule has 3 heterocycles. The number of thiophene rings is 1. The van der Waals surface area contributed by atoms with Crippen LogP contribution in [0.5, 0.6) is 0 Å². The molecule has 4 nitrogen and oxygen atoms in total. The molecule has 1 amide bonds. The second-order valence-electron chi connectivity index (χ2n) is 5.54. The first kappa shape index (κ1) is 14.8. The van der Waals surface area contributed by atoms with Crippen LogP contribution in [0.3, 0.4) is 0 Å². The molecule has 0 fully saturated rings. The first-order chi connectivity index (χ1) is 11.8. The Morgan fingerprint density at radius 3 is 2.67 bits per heavy atom. The van der Waals surface area contributed by atoms with Crippen LogP contribution < -0.4 is 0 Å². The minimum atomic E-state index is -0.0760. The Morgan fingerprint density at radius 2 is 1.96 bits per heavy atom. The summed E-state index contributed by atoms with van der Waals surface area (Å²) in [6.45, 7) is 0. The van der Waals surface area contributed by atoms with Crippen LogP contribution in [0.25, 0.3) is 0 Å². The van der Waals surface area contributed by atoms with Crippen LogP contribution in [0.15, 0.2) is 77.5 Å². The molecule has 1 aromatic carbocycles. The number of hydrogen-bond acceptors (Lipinski definition) is 4. The minimum Gasteiger partial charge on any atom is -0.267 e. The van der Waals surface area contributed by atoms with E-state index in [1.807, 2.05) is 53.9 Å². The number of carbonyl (C=O) groups is 1. The van der Waals surface area contributed by atoms with Crippen LogP contribution in [0.4, 0.5) is 0 Å². The summed E-state index contributed by atoms with van der Waals surface area (Å²) in [7, 11) is 0. The molecule has 2 aromatic heterocycles. The zero-order valence-corrected chi connectivity index (χ0v) is 13.7. The first-order valence-electron chi connectivity index (χ1n) is 7.73. The Kier molecular flexibility index (Phi) is 3.92. The van der Waals surface area contributed by atoms with Crippen LogP contribution in [0.2, 0.25) is 0 Å². The van der Waals surface area contributed by atoms with Crippen molar-refractivity contribution in [3.05, 3.63) is 88.4 Å². The highest BCUT2D eigenvalue weighted by atomic mass is 32.1. The number of pyridine rings is 1. The van der Waals surface area contributed by atoms with Crippen molar-refractivity contribution < 1.29 is 4.79 Å². The summed E-state index contributed by atoms with van der Waals surface area (Å²) < 4.78 is 0. The first-order valence-corrected chi connectivity index (χ1v) is 8.61. The van der Waals surface area contributed by atoms with Crippen LogP contribution in [-0.4, -0.2) is 21.6 Å². The number of hydrogen-bond donors (Lipinski definition) is 0. The predicted octanol–water partition coefficient (Wildman–Crippen LogP) is 4.13. The van der Waals surface area contributed by atoms with Gasteiger partial charge in [0, 0.05) is 34.8 Å². The van der Waals surface area contributed by atoms with Crippen molar-refractivity contribution in [1.82, 2.24) is 9.99 Å². The zero-order valence-electron chi connectivity index (χ0n) is 12.9. The van der Waals surface area contributed by atoms with Crippen molar-refractivity contribution >= 4 is 23.0 Å². The van der Waals surface area contributed by atoms with Gasteiger partial charge in [-0.1, -0.05) is 30.3 Å². The van der Waals surface area contributed by atoms with Crippen molar-refractivity contribution in [2.24, 2.45) is 5.10 Å². The molecule has 0 saturated carbocycles. The average molecular weight is 333 g/mol. The maximum absolute atomic E-state index is 12.9. The summed E-state index contributed by atoms with van der Waals surface area (Å²) in [5, 5.41) is 8.28. The Labute approximate surface area is 144 Å². The van der Waals surface area contributed by atoms with Gasteiger partial charge in [-0.05, 0) is 29.6 Å². The van der Waals surface area contributed by atoms with Crippen molar-refractivity contribution in [1.29, 1.82) is 0 Å². The lowest BCUT2D eigenvalue weighted by atomic mass is 10.0. The molecule has 3 aromatic rings. The van der Waals surface area contributed by atoms with Crippen molar-refractivity contribution in [3.63, 3.8) is 0 Å². The van der Waals surface area contributed by atoms with E-state index in [0.29, 0.717) is 12.0 Å². The molecule has 0 aliphatic carbocycles. The third-order valence-electron chi connectivity index (χ3n) is 4.01. The van der Waals surface area contributed by atoms with E-state index in [-0.39, 0.29) is 11.9 Å². The summed E-state index contributed by atoms with van der Waals surface area (Å²) in [5.74, 6) is -0.0760.